The first-order chi connectivity index (χ1) is 8.75. The second-order valence-corrected chi connectivity index (χ2v) is 4.57. The zero-order chi connectivity index (χ0) is 12.5. The maximum atomic E-state index is 12.2. The number of Topliss-reactive ketones (excluding diaryl/α,β-unsaturated/α-hetero) is 1. The van der Waals surface area contributed by atoms with E-state index in [-0.39, 0.29) is 5.78 Å². The zero-order valence-corrected chi connectivity index (χ0v) is 10.3. The fourth-order valence-electron chi connectivity index (χ4n) is 2.34. The Balaban J connectivity index is 2.02. The molecule has 0 bridgehead atoms. The van der Waals surface area contributed by atoms with Gasteiger partial charge in [-0.2, -0.15) is 0 Å². The number of fused-ring (bicyclic) bond motifs is 1. The summed E-state index contributed by atoms with van der Waals surface area (Å²) < 4.78 is 2.02. The number of pyridine rings is 1. The van der Waals surface area contributed by atoms with E-state index >= 15 is 0 Å². The van der Waals surface area contributed by atoms with Crippen molar-refractivity contribution in [3.05, 3.63) is 71.1 Å². The van der Waals surface area contributed by atoms with Crippen molar-refractivity contribution in [3.63, 3.8) is 0 Å². The van der Waals surface area contributed by atoms with Crippen LogP contribution in [0.4, 0.5) is 0 Å². The van der Waals surface area contributed by atoms with Gasteiger partial charge in [0.05, 0.1) is 0 Å². The normalized spacial score (nSPS) is 16.1. The SMILES string of the molecule is C[n+]1ccccc1C=C1Cc2ccccc2C1=O. The maximum absolute atomic E-state index is 12.2. The van der Waals surface area contributed by atoms with E-state index < -0.39 is 0 Å². The fraction of sp³-hybridized carbons (Fsp3) is 0.125. The van der Waals surface area contributed by atoms with Crippen LogP contribution in [0.1, 0.15) is 21.6 Å². The number of carbonyl (C=O) groups excluding carboxylic acids is 1. The highest BCUT2D eigenvalue weighted by Crippen LogP contribution is 2.26. The van der Waals surface area contributed by atoms with Crippen LogP contribution in [0.15, 0.2) is 54.2 Å². The molecule has 0 radical (unpaired) electrons. The van der Waals surface area contributed by atoms with Crippen LogP contribution in [0.5, 0.6) is 0 Å². The van der Waals surface area contributed by atoms with Gasteiger partial charge in [-0.05, 0) is 11.6 Å². The summed E-state index contributed by atoms with van der Waals surface area (Å²) in [6.45, 7) is 0. The predicted molar refractivity (Wildman–Crippen MR) is 70.1 cm³/mol. The number of aromatic nitrogens is 1. The van der Waals surface area contributed by atoms with Gasteiger partial charge in [-0.1, -0.05) is 24.3 Å². The van der Waals surface area contributed by atoms with E-state index in [0.29, 0.717) is 0 Å². The molecule has 1 aliphatic rings. The van der Waals surface area contributed by atoms with Crippen molar-refractivity contribution >= 4 is 11.9 Å². The highest BCUT2D eigenvalue weighted by Gasteiger charge is 2.24. The van der Waals surface area contributed by atoms with Crippen molar-refractivity contribution in [1.82, 2.24) is 0 Å². The second kappa shape index (κ2) is 4.22. The molecule has 1 aromatic heterocycles. The number of nitrogens with zero attached hydrogens (tertiary/aromatic N) is 1. The third-order valence-corrected chi connectivity index (χ3v) is 3.35. The predicted octanol–water partition coefficient (Wildman–Crippen LogP) is 2.33. The zero-order valence-electron chi connectivity index (χ0n) is 10.3. The lowest BCUT2D eigenvalue weighted by atomic mass is 10.1. The number of rotatable bonds is 1. The minimum absolute atomic E-state index is 0.162. The van der Waals surface area contributed by atoms with Gasteiger partial charge in [0.1, 0.15) is 7.05 Å². The first kappa shape index (κ1) is 10.9. The van der Waals surface area contributed by atoms with Crippen LogP contribution < -0.4 is 4.57 Å². The summed E-state index contributed by atoms with van der Waals surface area (Å²) in [6, 6.07) is 13.8. The van der Waals surface area contributed by atoms with Gasteiger partial charge in [-0.3, -0.25) is 4.79 Å². The Hall–Kier alpha value is -2.22. The third-order valence-electron chi connectivity index (χ3n) is 3.35. The standard InChI is InChI=1S/C16H14NO/c1-17-9-5-4-7-14(17)11-13-10-12-6-2-3-8-15(12)16(13)18/h2-9,11H,10H2,1H3/q+1. The number of allylic oxidation sites excluding steroid dienone is 1. The van der Waals surface area contributed by atoms with Gasteiger partial charge in [0.15, 0.2) is 12.0 Å². The van der Waals surface area contributed by atoms with Gasteiger partial charge in [0, 0.05) is 35.8 Å². The topological polar surface area (TPSA) is 20.9 Å². The average molecular weight is 236 g/mol. The van der Waals surface area contributed by atoms with Crippen LogP contribution in [0, 0.1) is 0 Å². The molecule has 3 rings (SSSR count). The molecule has 0 spiro atoms. The first-order valence-corrected chi connectivity index (χ1v) is 6.03. The molecule has 18 heavy (non-hydrogen) atoms. The molecule has 0 fully saturated rings. The molecule has 0 amide bonds. The van der Waals surface area contributed by atoms with Crippen LogP contribution in [-0.4, -0.2) is 5.78 Å². The lowest BCUT2D eigenvalue weighted by Gasteiger charge is -1.95. The van der Waals surface area contributed by atoms with E-state index in [9.17, 15) is 4.79 Å². The van der Waals surface area contributed by atoms with E-state index in [1.54, 1.807) is 0 Å². The monoisotopic (exact) mass is 236 g/mol. The molecule has 2 nitrogen and oxygen atoms in total. The Morgan fingerprint density at radius 1 is 1.11 bits per heavy atom. The summed E-state index contributed by atoms with van der Waals surface area (Å²) in [4.78, 5) is 12.2. The van der Waals surface area contributed by atoms with Crippen molar-refractivity contribution in [2.75, 3.05) is 0 Å². The molecule has 2 heteroatoms. The minimum atomic E-state index is 0.162. The molecule has 0 aliphatic heterocycles. The van der Waals surface area contributed by atoms with Gasteiger partial charge in [0.2, 0.25) is 5.69 Å². The largest absolute Gasteiger partial charge is 0.289 e. The minimum Gasteiger partial charge on any atom is -0.289 e. The number of aryl methyl sites for hydroxylation is 1. The van der Waals surface area contributed by atoms with Crippen LogP contribution >= 0.6 is 0 Å². The van der Waals surface area contributed by atoms with Crippen LogP contribution in [0.2, 0.25) is 0 Å². The Morgan fingerprint density at radius 2 is 1.89 bits per heavy atom. The molecule has 0 N–H and O–H groups in total. The van der Waals surface area contributed by atoms with Crippen molar-refractivity contribution in [2.24, 2.45) is 7.05 Å². The molecule has 0 atom stereocenters. The molecule has 0 saturated heterocycles. The van der Waals surface area contributed by atoms with E-state index in [2.05, 4.69) is 0 Å². The van der Waals surface area contributed by atoms with E-state index in [1.165, 1.54) is 0 Å². The summed E-state index contributed by atoms with van der Waals surface area (Å²) in [5.74, 6) is 0.162. The van der Waals surface area contributed by atoms with E-state index in [4.69, 9.17) is 0 Å². The Labute approximate surface area is 106 Å². The summed E-state index contributed by atoms with van der Waals surface area (Å²) >= 11 is 0. The quantitative estimate of drug-likeness (QED) is 0.550. The molecule has 1 heterocycles. The molecule has 1 aromatic carbocycles. The Kier molecular flexibility index (Phi) is 2.56. The van der Waals surface area contributed by atoms with Crippen molar-refractivity contribution in [1.29, 1.82) is 0 Å². The number of ketones is 1. The van der Waals surface area contributed by atoms with Gasteiger partial charge in [-0.15, -0.1) is 0 Å². The van der Waals surface area contributed by atoms with Gasteiger partial charge in [-0.25, -0.2) is 4.57 Å². The van der Waals surface area contributed by atoms with Crippen molar-refractivity contribution in [2.45, 2.75) is 6.42 Å². The second-order valence-electron chi connectivity index (χ2n) is 4.57. The average Bonchev–Trinajstić information content (AvgIpc) is 2.70. The number of carbonyl (C=O) groups is 1. The lowest BCUT2D eigenvalue weighted by molar-refractivity contribution is -0.673. The number of hydrogen-bond donors (Lipinski definition) is 0. The van der Waals surface area contributed by atoms with Crippen molar-refractivity contribution < 1.29 is 9.36 Å². The molecule has 0 saturated carbocycles. The van der Waals surface area contributed by atoms with Crippen LogP contribution in [0.25, 0.3) is 6.08 Å². The molecule has 0 unspecified atom stereocenters. The number of benzene rings is 1. The Morgan fingerprint density at radius 3 is 2.67 bits per heavy atom. The van der Waals surface area contributed by atoms with E-state index in [1.807, 2.05) is 66.4 Å². The fourth-order valence-corrected chi connectivity index (χ4v) is 2.34. The molecule has 88 valence electrons. The van der Waals surface area contributed by atoms with Crippen molar-refractivity contribution in [3.8, 4) is 0 Å². The molecule has 1 aliphatic carbocycles. The van der Waals surface area contributed by atoms with Gasteiger partial charge >= 0.3 is 0 Å². The smallest absolute Gasteiger partial charge is 0.205 e. The van der Waals surface area contributed by atoms with Gasteiger partial charge < -0.3 is 0 Å². The van der Waals surface area contributed by atoms with E-state index in [0.717, 1.165) is 28.8 Å². The molecular formula is C16H14NO+. The first-order valence-electron chi connectivity index (χ1n) is 6.03. The maximum Gasteiger partial charge on any atom is 0.205 e. The summed E-state index contributed by atoms with van der Waals surface area (Å²) in [6.07, 6.45) is 4.71. The highest BCUT2D eigenvalue weighted by molar-refractivity contribution is 6.15. The highest BCUT2D eigenvalue weighted by atomic mass is 16.1. The third kappa shape index (κ3) is 1.76. The summed E-state index contributed by atoms with van der Waals surface area (Å²) in [5.41, 5.74) is 3.90. The molecule has 2 aromatic rings. The number of hydrogen-bond acceptors (Lipinski definition) is 1. The van der Waals surface area contributed by atoms with Gasteiger partial charge in [0.25, 0.3) is 0 Å². The summed E-state index contributed by atoms with van der Waals surface area (Å²) in [7, 11) is 1.99. The Bertz CT molecular complexity index is 656. The van der Waals surface area contributed by atoms with Crippen LogP contribution in [0.3, 0.4) is 0 Å². The lowest BCUT2D eigenvalue weighted by Crippen LogP contribution is -2.30. The summed E-state index contributed by atoms with van der Waals surface area (Å²) in [5, 5.41) is 0. The molecular weight excluding hydrogens is 222 g/mol. The van der Waals surface area contributed by atoms with Crippen LogP contribution in [-0.2, 0) is 13.5 Å².